The van der Waals surface area contributed by atoms with E-state index in [1.165, 1.54) is 25.0 Å². The Kier molecular flexibility index (Phi) is 3.20. The fourth-order valence-corrected chi connectivity index (χ4v) is 2.21. The number of carbonyl (C=O) groups is 1. The lowest BCUT2D eigenvalue weighted by atomic mass is 9.92. The van der Waals surface area contributed by atoms with Gasteiger partial charge < -0.3 is 16.2 Å². The highest BCUT2D eigenvalue weighted by Crippen LogP contribution is 2.51. The van der Waals surface area contributed by atoms with Crippen molar-refractivity contribution >= 4 is 11.6 Å². The molecule has 1 aromatic rings. The second-order valence-corrected chi connectivity index (χ2v) is 5.47. The molecule has 1 aliphatic rings. The Morgan fingerprint density at radius 3 is 2.72 bits per heavy atom. The van der Waals surface area contributed by atoms with Gasteiger partial charge in [0.25, 0.3) is 5.91 Å². The van der Waals surface area contributed by atoms with Crippen LogP contribution in [-0.4, -0.2) is 17.6 Å². The van der Waals surface area contributed by atoms with E-state index >= 15 is 0 Å². The number of phenolic OH excluding ortho intramolecular Hbond substituents is 1. The van der Waals surface area contributed by atoms with Gasteiger partial charge in [0, 0.05) is 12.2 Å². The van der Waals surface area contributed by atoms with Crippen LogP contribution in [0.4, 0.5) is 5.69 Å². The highest BCUT2D eigenvalue weighted by atomic mass is 16.3. The molecule has 0 spiro atoms. The number of phenols is 1. The first-order valence-electron chi connectivity index (χ1n) is 6.31. The molecule has 0 aromatic heterocycles. The predicted molar refractivity (Wildman–Crippen MR) is 71.4 cm³/mol. The molecule has 0 aliphatic heterocycles. The van der Waals surface area contributed by atoms with E-state index in [1.54, 1.807) is 6.07 Å². The zero-order valence-electron chi connectivity index (χ0n) is 10.9. The van der Waals surface area contributed by atoms with Crippen LogP contribution in [0.3, 0.4) is 0 Å². The third-order valence-electron chi connectivity index (χ3n) is 4.00. The van der Waals surface area contributed by atoms with Crippen LogP contribution in [0.1, 0.15) is 37.0 Å². The van der Waals surface area contributed by atoms with Gasteiger partial charge in [-0.2, -0.15) is 0 Å². The number of nitrogens with one attached hydrogen (secondary N) is 1. The number of carbonyl (C=O) groups excluding carboxylic acids is 1. The van der Waals surface area contributed by atoms with Crippen LogP contribution < -0.4 is 11.1 Å². The third-order valence-corrected chi connectivity index (χ3v) is 4.00. The molecule has 4 heteroatoms. The molecule has 1 aliphatic carbocycles. The average molecular weight is 248 g/mol. The topological polar surface area (TPSA) is 75.3 Å². The number of nitrogens with two attached hydrogens (primary N) is 1. The molecule has 2 rings (SSSR count). The summed E-state index contributed by atoms with van der Waals surface area (Å²) in [6.45, 7) is 5.04. The van der Waals surface area contributed by atoms with Crippen molar-refractivity contribution in [1.29, 1.82) is 0 Å². The molecule has 1 saturated carbocycles. The molecule has 1 amide bonds. The van der Waals surface area contributed by atoms with Crippen molar-refractivity contribution < 1.29 is 9.90 Å². The average Bonchev–Trinajstić information content (AvgIpc) is 3.10. The molecular formula is C14H20N2O2. The van der Waals surface area contributed by atoms with Gasteiger partial charge in [0.05, 0.1) is 5.56 Å². The van der Waals surface area contributed by atoms with Gasteiger partial charge in [0.2, 0.25) is 0 Å². The maximum atomic E-state index is 12.0. The van der Waals surface area contributed by atoms with E-state index in [9.17, 15) is 9.90 Å². The monoisotopic (exact) mass is 248 g/mol. The van der Waals surface area contributed by atoms with Crippen LogP contribution in [0.15, 0.2) is 18.2 Å². The van der Waals surface area contributed by atoms with Gasteiger partial charge in [-0.1, -0.05) is 13.8 Å². The Morgan fingerprint density at radius 1 is 1.50 bits per heavy atom. The van der Waals surface area contributed by atoms with Gasteiger partial charge in [-0.05, 0) is 42.4 Å². The van der Waals surface area contributed by atoms with Crippen molar-refractivity contribution in [3.63, 3.8) is 0 Å². The number of anilines is 1. The zero-order valence-corrected chi connectivity index (χ0v) is 10.9. The number of benzene rings is 1. The van der Waals surface area contributed by atoms with Crippen molar-refractivity contribution in [2.24, 2.45) is 11.3 Å². The number of rotatable bonds is 4. The summed E-state index contributed by atoms with van der Waals surface area (Å²) in [7, 11) is 0. The van der Waals surface area contributed by atoms with E-state index in [4.69, 9.17) is 5.73 Å². The predicted octanol–water partition coefficient (Wildman–Crippen LogP) is 2.14. The molecule has 0 radical (unpaired) electrons. The minimum absolute atomic E-state index is 0.0549. The van der Waals surface area contributed by atoms with Crippen molar-refractivity contribution in [2.75, 3.05) is 12.3 Å². The highest BCUT2D eigenvalue weighted by Gasteiger charge is 2.45. The Bertz CT molecular complexity index is 465. The van der Waals surface area contributed by atoms with E-state index in [0.717, 1.165) is 0 Å². The summed E-state index contributed by atoms with van der Waals surface area (Å²) in [5, 5.41) is 12.3. The van der Waals surface area contributed by atoms with Crippen LogP contribution in [0, 0.1) is 11.3 Å². The maximum absolute atomic E-state index is 12.0. The second kappa shape index (κ2) is 4.52. The number of nitrogen functional groups attached to an aromatic ring is 1. The fourth-order valence-electron chi connectivity index (χ4n) is 2.21. The lowest BCUT2D eigenvalue weighted by Gasteiger charge is -2.20. The lowest BCUT2D eigenvalue weighted by molar-refractivity contribution is 0.0940. The maximum Gasteiger partial charge on any atom is 0.253 e. The smallest absolute Gasteiger partial charge is 0.253 e. The van der Waals surface area contributed by atoms with Crippen molar-refractivity contribution in [3.8, 4) is 5.75 Å². The summed E-state index contributed by atoms with van der Waals surface area (Å²) in [6, 6.07) is 4.42. The van der Waals surface area contributed by atoms with Crippen LogP contribution in [-0.2, 0) is 0 Å². The molecule has 0 bridgehead atoms. The quantitative estimate of drug-likeness (QED) is 0.564. The second-order valence-electron chi connectivity index (χ2n) is 5.47. The highest BCUT2D eigenvalue weighted by molar-refractivity contribution is 5.99. The zero-order chi connectivity index (χ0) is 13.3. The van der Waals surface area contributed by atoms with Gasteiger partial charge in [-0.15, -0.1) is 0 Å². The standard InChI is InChI=1S/C14H20N2O2/c1-9(2)14(5-6-14)8-16-13(18)11-7-10(17)3-4-12(11)15/h3-4,7,9,17H,5-6,8,15H2,1-2H3,(H,16,18). The van der Waals surface area contributed by atoms with Crippen LogP contribution in [0.25, 0.3) is 0 Å². The minimum Gasteiger partial charge on any atom is -0.508 e. The Morgan fingerprint density at radius 2 is 2.17 bits per heavy atom. The van der Waals surface area contributed by atoms with Gasteiger partial charge in [0.15, 0.2) is 0 Å². The normalized spacial score (nSPS) is 16.6. The van der Waals surface area contributed by atoms with E-state index in [1.807, 2.05) is 0 Å². The Labute approximate surface area is 107 Å². The molecule has 0 heterocycles. The molecule has 4 nitrogen and oxygen atoms in total. The van der Waals surface area contributed by atoms with E-state index in [0.29, 0.717) is 23.7 Å². The third kappa shape index (κ3) is 2.42. The van der Waals surface area contributed by atoms with Crippen molar-refractivity contribution in [2.45, 2.75) is 26.7 Å². The van der Waals surface area contributed by atoms with Gasteiger partial charge in [0.1, 0.15) is 5.75 Å². The summed E-state index contributed by atoms with van der Waals surface area (Å²) in [5.41, 5.74) is 6.73. The number of hydrogen-bond acceptors (Lipinski definition) is 3. The minimum atomic E-state index is -0.213. The van der Waals surface area contributed by atoms with E-state index < -0.39 is 0 Å². The number of aromatic hydroxyl groups is 1. The van der Waals surface area contributed by atoms with E-state index in [-0.39, 0.29) is 17.1 Å². The Hall–Kier alpha value is -1.71. The van der Waals surface area contributed by atoms with Crippen LogP contribution in [0.5, 0.6) is 5.75 Å². The summed E-state index contributed by atoms with van der Waals surface area (Å²) >= 11 is 0. The van der Waals surface area contributed by atoms with Crippen LogP contribution in [0.2, 0.25) is 0 Å². The number of amides is 1. The summed E-state index contributed by atoms with van der Waals surface area (Å²) in [6.07, 6.45) is 2.33. The van der Waals surface area contributed by atoms with Crippen molar-refractivity contribution in [1.82, 2.24) is 5.32 Å². The molecule has 1 fully saturated rings. The first kappa shape index (κ1) is 12.7. The fraction of sp³-hybridized carbons (Fsp3) is 0.500. The van der Waals surface area contributed by atoms with Crippen LogP contribution >= 0.6 is 0 Å². The number of hydrogen-bond donors (Lipinski definition) is 3. The molecule has 1 aromatic carbocycles. The summed E-state index contributed by atoms with van der Waals surface area (Å²) in [5.74, 6) is 0.411. The largest absolute Gasteiger partial charge is 0.508 e. The molecule has 0 atom stereocenters. The molecule has 4 N–H and O–H groups in total. The summed E-state index contributed by atoms with van der Waals surface area (Å²) < 4.78 is 0. The van der Waals surface area contributed by atoms with E-state index in [2.05, 4.69) is 19.2 Å². The SMILES string of the molecule is CC(C)C1(CNC(=O)c2cc(O)ccc2N)CC1. The van der Waals surface area contributed by atoms with Gasteiger partial charge >= 0.3 is 0 Å². The molecular weight excluding hydrogens is 228 g/mol. The van der Waals surface area contributed by atoms with Crippen molar-refractivity contribution in [3.05, 3.63) is 23.8 Å². The molecule has 18 heavy (non-hydrogen) atoms. The molecule has 98 valence electrons. The molecule has 0 saturated heterocycles. The first-order chi connectivity index (χ1) is 8.44. The lowest BCUT2D eigenvalue weighted by Crippen LogP contribution is -2.32. The van der Waals surface area contributed by atoms with Gasteiger partial charge in [-0.3, -0.25) is 4.79 Å². The first-order valence-corrected chi connectivity index (χ1v) is 6.31. The molecule has 0 unspecified atom stereocenters. The Balaban J connectivity index is 2.02. The summed E-state index contributed by atoms with van der Waals surface area (Å²) in [4.78, 5) is 12.0. The van der Waals surface area contributed by atoms with Gasteiger partial charge in [-0.25, -0.2) is 0 Å².